The van der Waals surface area contributed by atoms with Gasteiger partial charge in [-0.15, -0.1) is 11.3 Å². The lowest BCUT2D eigenvalue weighted by atomic mass is 10.2. The van der Waals surface area contributed by atoms with Crippen LogP contribution in [0.3, 0.4) is 0 Å². The smallest absolute Gasteiger partial charge is 0.0701 e. The van der Waals surface area contributed by atoms with E-state index >= 15 is 0 Å². The maximum Gasteiger partial charge on any atom is 0.0701 e. The van der Waals surface area contributed by atoms with Gasteiger partial charge in [0, 0.05) is 24.0 Å². The molecule has 0 bridgehead atoms. The molecule has 0 saturated carbocycles. The first-order valence-corrected chi connectivity index (χ1v) is 7.47. The Balaban J connectivity index is 2.24. The summed E-state index contributed by atoms with van der Waals surface area (Å²) in [5.74, 6) is 0. The molecule has 1 rings (SSSR count). The number of halogens is 1. The molecule has 1 unspecified atom stereocenters. The van der Waals surface area contributed by atoms with Gasteiger partial charge in [0.25, 0.3) is 0 Å². The summed E-state index contributed by atoms with van der Waals surface area (Å²) < 4.78 is 1.21. The van der Waals surface area contributed by atoms with E-state index in [1.165, 1.54) is 8.66 Å². The van der Waals surface area contributed by atoms with Gasteiger partial charge in [-0.2, -0.15) is 0 Å². The van der Waals surface area contributed by atoms with Crippen LogP contribution < -0.4 is 5.32 Å². The standard InChI is InChI=1S/C12H21BrN2S/c1-4-15(5-2)10(3)8-14-9-11-6-7-12(13)16-11/h6-7,10,14H,4-5,8-9H2,1-3H3. The summed E-state index contributed by atoms with van der Waals surface area (Å²) in [7, 11) is 0. The maximum absolute atomic E-state index is 3.51. The first-order chi connectivity index (χ1) is 7.67. The highest BCUT2D eigenvalue weighted by atomic mass is 79.9. The molecule has 1 heterocycles. The van der Waals surface area contributed by atoms with Crippen molar-refractivity contribution in [3.8, 4) is 0 Å². The third-order valence-electron chi connectivity index (χ3n) is 2.80. The Morgan fingerprint density at radius 3 is 2.56 bits per heavy atom. The van der Waals surface area contributed by atoms with Gasteiger partial charge in [-0.3, -0.25) is 4.90 Å². The van der Waals surface area contributed by atoms with Crippen LogP contribution in [-0.2, 0) is 6.54 Å². The average Bonchev–Trinajstić information content (AvgIpc) is 2.66. The van der Waals surface area contributed by atoms with Crippen LogP contribution >= 0.6 is 27.3 Å². The van der Waals surface area contributed by atoms with Gasteiger partial charge in [-0.25, -0.2) is 0 Å². The van der Waals surface area contributed by atoms with Crippen LogP contribution in [0.1, 0.15) is 25.6 Å². The fourth-order valence-corrected chi connectivity index (χ4v) is 3.28. The highest BCUT2D eigenvalue weighted by molar-refractivity contribution is 9.11. The Morgan fingerprint density at radius 2 is 2.06 bits per heavy atom. The first-order valence-electron chi connectivity index (χ1n) is 5.86. The van der Waals surface area contributed by atoms with Crippen molar-refractivity contribution in [2.75, 3.05) is 19.6 Å². The predicted octanol–water partition coefficient (Wildman–Crippen LogP) is 3.33. The Kier molecular flexibility index (Phi) is 6.58. The molecule has 0 spiro atoms. The van der Waals surface area contributed by atoms with Gasteiger partial charge >= 0.3 is 0 Å². The topological polar surface area (TPSA) is 15.3 Å². The van der Waals surface area contributed by atoms with Gasteiger partial charge in [0.05, 0.1) is 3.79 Å². The van der Waals surface area contributed by atoms with E-state index in [1.54, 1.807) is 11.3 Å². The van der Waals surface area contributed by atoms with E-state index in [9.17, 15) is 0 Å². The summed E-state index contributed by atoms with van der Waals surface area (Å²) in [4.78, 5) is 3.86. The van der Waals surface area contributed by atoms with Gasteiger partial charge in [-0.05, 0) is 48.1 Å². The molecule has 92 valence electrons. The third-order valence-corrected chi connectivity index (χ3v) is 4.43. The summed E-state index contributed by atoms with van der Waals surface area (Å²) in [6.07, 6.45) is 0. The molecule has 0 aromatic carbocycles. The zero-order valence-corrected chi connectivity index (χ0v) is 12.7. The van der Waals surface area contributed by atoms with Crippen LogP contribution in [0.15, 0.2) is 15.9 Å². The number of nitrogens with one attached hydrogen (secondary N) is 1. The van der Waals surface area contributed by atoms with Crippen molar-refractivity contribution >= 4 is 27.3 Å². The molecule has 1 aromatic heterocycles. The summed E-state index contributed by atoms with van der Waals surface area (Å²) in [5, 5.41) is 3.51. The van der Waals surface area contributed by atoms with Gasteiger partial charge in [-0.1, -0.05) is 13.8 Å². The molecule has 4 heteroatoms. The van der Waals surface area contributed by atoms with E-state index in [4.69, 9.17) is 0 Å². The number of hydrogen-bond donors (Lipinski definition) is 1. The Morgan fingerprint density at radius 1 is 1.38 bits per heavy atom. The maximum atomic E-state index is 3.51. The van der Waals surface area contributed by atoms with E-state index in [0.717, 1.165) is 26.2 Å². The number of thiophene rings is 1. The average molecular weight is 305 g/mol. The molecule has 1 N–H and O–H groups in total. The fraction of sp³-hybridized carbons (Fsp3) is 0.667. The molecule has 0 radical (unpaired) electrons. The molecule has 0 fully saturated rings. The molecule has 1 aromatic rings. The van der Waals surface area contributed by atoms with Gasteiger partial charge < -0.3 is 5.32 Å². The second kappa shape index (κ2) is 7.43. The summed E-state index contributed by atoms with van der Waals surface area (Å²) >= 11 is 5.28. The summed E-state index contributed by atoms with van der Waals surface area (Å²) in [6.45, 7) is 11.0. The van der Waals surface area contributed by atoms with E-state index in [0.29, 0.717) is 6.04 Å². The van der Waals surface area contributed by atoms with E-state index in [1.807, 2.05) is 0 Å². The largest absolute Gasteiger partial charge is 0.310 e. The Bertz CT molecular complexity index is 297. The number of rotatable bonds is 7. The molecule has 16 heavy (non-hydrogen) atoms. The lowest BCUT2D eigenvalue weighted by Crippen LogP contribution is -2.39. The minimum absolute atomic E-state index is 0.610. The molecule has 0 aliphatic rings. The van der Waals surface area contributed by atoms with Crippen molar-refractivity contribution in [3.05, 3.63) is 20.8 Å². The highest BCUT2D eigenvalue weighted by Gasteiger charge is 2.08. The quantitative estimate of drug-likeness (QED) is 0.831. The zero-order chi connectivity index (χ0) is 12.0. The van der Waals surface area contributed by atoms with Crippen LogP contribution in [0.25, 0.3) is 0 Å². The summed E-state index contributed by atoms with van der Waals surface area (Å²) in [6, 6.07) is 4.89. The van der Waals surface area contributed by atoms with Gasteiger partial charge in [0.2, 0.25) is 0 Å². The first kappa shape index (κ1) is 14.2. The lowest BCUT2D eigenvalue weighted by Gasteiger charge is -2.26. The monoisotopic (exact) mass is 304 g/mol. The van der Waals surface area contributed by atoms with Crippen molar-refractivity contribution in [1.82, 2.24) is 10.2 Å². The van der Waals surface area contributed by atoms with Crippen LogP contribution in [0.4, 0.5) is 0 Å². The number of likely N-dealkylation sites (N-methyl/N-ethyl adjacent to an activating group) is 1. The third kappa shape index (κ3) is 4.53. The minimum Gasteiger partial charge on any atom is -0.310 e. The second-order valence-corrected chi connectivity index (χ2v) is 6.45. The molecular formula is C12H21BrN2S. The Hall–Kier alpha value is 0.1000. The fourth-order valence-electron chi connectivity index (χ4n) is 1.83. The zero-order valence-electron chi connectivity index (χ0n) is 10.3. The molecule has 0 aliphatic heterocycles. The van der Waals surface area contributed by atoms with Crippen molar-refractivity contribution in [3.63, 3.8) is 0 Å². The van der Waals surface area contributed by atoms with Crippen LogP contribution in [0.5, 0.6) is 0 Å². The predicted molar refractivity (Wildman–Crippen MR) is 76.1 cm³/mol. The highest BCUT2D eigenvalue weighted by Crippen LogP contribution is 2.21. The molecule has 1 atom stereocenters. The van der Waals surface area contributed by atoms with Crippen molar-refractivity contribution in [1.29, 1.82) is 0 Å². The number of nitrogens with zero attached hydrogens (tertiary/aromatic N) is 1. The minimum atomic E-state index is 0.610. The second-order valence-electron chi connectivity index (χ2n) is 3.91. The van der Waals surface area contributed by atoms with Crippen LogP contribution in [0, 0.1) is 0 Å². The normalized spacial score (nSPS) is 13.3. The number of hydrogen-bond acceptors (Lipinski definition) is 3. The van der Waals surface area contributed by atoms with E-state index in [2.05, 4.69) is 59.1 Å². The molecular weight excluding hydrogens is 284 g/mol. The molecule has 0 saturated heterocycles. The van der Waals surface area contributed by atoms with Gasteiger partial charge in [0.15, 0.2) is 0 Å². The van der Waals surface area contributed by atoms with E-state index < -0.39 is 0 Å². The molecule has 0 amide bonds. The lowest BCUT2D eigenvalue weighted by molar-refractivity contribution is 0.226. The summed E-state index contributed by atoms with van der Waals surface area (Å²) in [5.41, 5.74) is 0. The van der Waals surface area contributed by atoms with Crippen molar-refractivity contribution in [2.45, 2.75) is 33.4 Å². The van der Waals surface area contributed by atoms with Crippen LogP contribution in [0.2, 0.25) is 0 Å². The SMILES string of the molecule is CCN(CC)C(C)CNCc1ccc(Br)s1. The van der Waals surface area contributed by atoms with Crippen LogP contribution in [-0.4, -0.2) is 30.6 Å². The molecule has 2 nitrogen and oxygen atoms in total. The Labute approximate surface area is 111 Å². The van der Waals surface area contributed by atoms with Gasteiger partial charge in [0.1, 0.15) is 0 Å². The van der Waals surface area contributed by atoms with Crippen molar-refractivity contribution in [2.24, 2.45) is 0 Å². The molecule has 0 aliphatic carbocycles. The van der Waals surface area contributed by atoms with E-state index in [-0.39, 0.29) is 0 Å². The van der Waals surface area contributed by atoms with Crippen molar-refractivity contribution < 1.29 is 0 Å².